The monoisotopic (exact) mass is 567 g/mol. The van der Waals surface area contributed by atoms with Gasteiger partial charge < -0.3 is 15.9 Å². The van der Waals surface area contributed by atoms with Crippen LogP contribution in [0.3, 0.4) is 0 Å². The summed E-state index contributed by atoms with van der Waals surface area (Å²) in [5, 5.41) is 23.3. The second-order valence-corrected chi connectivity index (χ2v) is 13.2. The third kappa shape index (κ3) is 4.20. The summed E-state index contributed by atoms with van der Waals surface area (Å²) in [5.41, 5.74) is 4.97. The van der Waals surface area contributed by atoms with E-state index < -0.39 is 64.4 Å². The molecule has 1 saturated heterocycles. The highest BCUT2D eigenvalue weighted by Gasteiger charge is 2.69. The van der Waals surface area contributed by atoms with Crippen LogP contribution in [-0.4, -0.2) is 86.9 Å². The minimum atomic E-state index is -2.72. The molecular formula is C31H41N3O7. The average Bonchev–Trinajstić information content (AvgIpc) is 3.19. The molecule has 5 rings (SSSR count). The fraction of sp³-hybridized carbons (Fsp3) is 0.645. The number of primary amides is 1. The molecule has 41 heavy (non-hydrogen) atoms. The highest BCUT2D eigenvalue weighted by molar-refractivity contribution is 6.32. The van der Waals surface area contributed by atoms with E-state index in [1.807, 2.05) is 19.9 Å². The lowest BCUT2D eigenvalue weighted by molar-refractivity contribution is -0.181. The van der Waals surface area contributed by atoms with Crippen molar-refractivity contribution in [1.29, 1.82) is 0 Å². The van der Waals surface area contributed by atoms with Crippen LogP contribution in [0.4, 0.5) is 0 Å². The largest absolute Gasteiger partial charge is 0.507 e. The van der Waals surface area contributed by atoms with Gasteiger partial charge in [0.1, 0.15) is 5.75 Å². The van der Waals surface area contributed by atoms with Gasteiger partial charge in [0, 0.05) is 30.1 Å². The first kappa shape index (κ1) is 29.5. The molecule has 0 spiro atoms. The number of rotatable bonds is 5. The highest BCUT2D eigenvalue weighted by atomic mass is 16.3. The van der Waals surface area contributed by atoms with Gasteiger partial charge in [0.25, 0.3) is 0 Å². The van der Waals surface area contributed by atoms with Crippen molar-refractivity contribution in [2.45, 2.75) is 89.6 Å². The molecule has 4 N–H and O–H groups in total. The quantitative estimate of drug-likeness (QED) is 0.447. The number of aromatic hydroxyl groups is 1. The van der Waals surface area contributed by atoms with E-state index in [9.17, 15) is 34.2 Å². The Morgan fingerprint density at radius 2 is 1.73 bits per heavy atom. The van der Waals surface area contributed by atoms with Crippen LogP contribution < -0.4 is 5.73 Å². The zero-order valence-corrected chi connectivity index (χ0v) is 24.6. The van der Waals surface area contributed by atoms with Gasteiger partial charge >= 0.3 is 0 Å². The maximum Gasteiger partial charge on any atom is 0.235 e. The smallest absolute Gasteiger partial charge is 0.235 e. The summed E-state index contributed by atoms with van der Waals surface area (Å²) in [5.74, 6) is -10.1. The first-order valence-corrected chi connectivity index (χ1v) is 14.6. The molecule has 3 aliphatic carbocycles. The van der Waals surface area contributed by atoms with Gasteiger partial charge in [-0.1, -0.05) is 19.9 Å². The van der Waals surface area contributed by atoms with Gasteiger partial charge in [-0.3, -0.25) is 33.8 Å². The molecular weight excluding hydrogens is 526 g/mol. The molecule has 4 aliphatic rings. The summed E-state index contributed by atoms with van der Waals surface area (Å²) in [6, 6.07) is 1.49. The van der Waals surface area contributed by atoms with Crippen molar-refractivity contribution in [2.24, 2.45) is 29.4 Å². The van der Waals surface area contributed by atoms with Crippen molar-refractivity contribution in [3.63, 3.8) is 0 Å². The summed E-state index contributed by atoms with van der Waals surface area (Å²) < 4.78 is 0. The number of phenols is 1. The number of carbonyl (C=O) groups excluding carboxylic acids is 5. The Morgan fingerprint density at radius 1 is 1.12 bits per heavy atom. The van der Waals surface area contributed by atoms with Gasteiger partial charge in [-0.15, -0.1) is 0 Å². The minimum Gasteiger partial charge on any atom is -0.507 e. The number of aliphatic hydroxyl groups is 1. The lowest BCUT2D eigenvalue weighted by atomic mass is 9.52. The normalized spacial score (nSPS) is 35.6. The molecule has 2 saturated carbocycles. The number of likely N-dealkylation sites (N-methyl/N-ethyl adjacent to an activating group) is 1. The SMILES string of the molecule is CC(C)c1cc(CN2C(C)CCC2C)c(O)c2c1C[C@H]1C[C@H]3C(N(C)C)C(=O)C(C(N)=O)C(=O)[C@@]3(O)C(=O)C1C2=O. The van der Waals surface area contributed by atoms with Crippen molar-refractivity contribution in [1.82, 2.24) is 9.80 Å². The van der Waals surface area contributed by atoms with Crippen LogP contribution in [0, 0.1) is 23.7 Å². The fourth-order valence-corrected chi connectivity index (χ4v) is 8.15. The van der Waals surface area contributed by atoms with Gasteiger partial charge in [-0.25, -0.2) is 0 Å². The number of phenolic OH excluding ortho intramolecular Hbond substituents is 1. The van der Waals surface area contributed by atoms with Crippen molar-refractivity contribution < 1.29 is 34.2 Å². The van der Waals surface area contributed by atoms with Crippen molar-refractivity contribution in [2.75, 3.05) is 14.1 Å². The number of likely N-dealkylation sites (tertiary alicyclic amines) is 1. The Hall–Kier alpha value is -2.95. The topological polar surface area (TPSA) is 158 Å². The van der Waals surface area contributed by atoms with E-state index in [4.69, 9.17) is 5.73 Å². The second-order valence-electron chi connectivity index (χ2n) is 13.2. The van der Waals surface area contributed by atoms with Crippen LogP contribution in [0.1, 0.15) is 79.9 Å². The molecule has 0 radical (unpaired) electrons. The Balaban J connectivity index is 1.63. The number of carbonyl (C=O) groups is 5. The Morgan fingerprint density at radius 3 is 2.27 bits per heavy atom. The lowest BCUT2D eigenvalue weighted by Gasteiger charge is -2.52. The molecule has 10 heteroatoms. The predicted molar refractivity (Wildman–Crippen MR) is 149 cm³/mol. The zero-order valence-electron chi connectivity index (χ0n) is 24.6. The number of nitrogens with zero attached hydrogens (tertiary/aromatic N) is 2. The van der Waals surface area contributed by atoms with E-state index in [1.165, 1.54) is 4.90 Å². The molecule has 5 unspecified atom stereocenters. The van der Waals surface area contributed by atoms with E-state index >= 15 is 0 Å². The van der Waals surface area contributed by atoms with Gasteiger partial charge in [-0.2, -0.15) is 0 Å². The summed E-state index contributed by atoms with van der Waals surface area (Å²) >= 11 is 0. The number of amides is 1. The highest BCUT2D eigenvalue weighted by Crippen LogP contribution is 2.52. The Labute approximate surface area is 240 Å². The Bertz CT molecular complexity index is 1340. The van der Waals surface area contributed by atoms with Crippen LogP contribution in [-0.2, 0) is 32.1 Å². The van der Waals surface area contributed by atoms with Gasteiger partial charge in [0.2, 0.25) is 5.91 Å². The molecule has 0 aromatic heterocycles. The number of benzene rings is 1. The molecule has 10 nitrogen and oxygen atoms in total. The van der Waals surface area contributed by atoms with Crippen LogP contribution in [0.25, 0.3) is 0 Å². The van der Waals surface area contributed by atoms with Crippen LogP contribution >= 0.6 is 0 Å². The van der Waals surface area contributed by atoms with E-state index in [0.29, 0.717) is 29.8 Å². The van der Waals surface area contributed by atoms with Crippen LogP contribution in [0.5, 0.6) is 5.75 Å². The summed E-state index contributed by atoms with van der Waals surface area (Å²) in [6.07, 6.45) is 2.41. The standard InChI is InChI=1S/C31H41N3O7/c1-13(2)18-10-17(12-34-14(3)7-8-15(34)4)25(35)22-19(18)9-16-11-20-24(33(5)6)27(37)23(30(32)40)29(39)31(20,41)28(38)21(16)26(22)36/h10,13-16,20-21,23-24,35,41H,7-9,11-12H2,1-6H3,(H2,32,40)/t14?,15?,16-,20-,21?,23?,24?,31-/m0/s1. The summed E-state index contributed by atoms with van der Waals surface area (Å²) in [6.45, 7) is 8.77. The van der Waals surface area contributed by atoms with Crippen LogP contribution in [0.15, 0.2) is 6.07 Å². The number of hydrogen-bond donors (Lipinski definition) is 3. The maximum absolute atomic E-state index is 14.2. The third-order valence-corrected chi connectivity index (χ3v) is 10.3. The van der Waals surface area contributed by atoms with Crippen molar-refractivity contribution in [3.8, 4) is 5.75 Å². The fourth-order valence-electron chi connectivity index (χ4n) is 8.15. The number of hydrogen-bond acceptors (Lipinski definition) is 9. The molecule has 1 aromatic rings. The first-order chi connectivity index (χ1) is 19.1. The first-order valence-electron chi connectivity index (χ1n) is 14.6. The minimum absolute atomic E-state index is 0.0285. The van der Waals surface area contributed by atoms with E-state index in [1.54, 1.807) is 14.1 Å². The van der Waals surface area contributed by atoms with E-state index in [0.717, 1.165) is 18.4 Å². The zero-order chi connectivity index (χ0) is 30.3. The summed E-state index contributed by atoms with van der Waals surface area (Å²) in [7, 11) is 3.15. The molecule has 1 aliphatic heterocycles. The molecule has 1 aromatic carbocycles. The average molecular weight is 568 g/mol. The second kappa shape index (κ2) is 10.1. The predicted octanol–water partition coefficient (Wildman–Crippen LogP) is 1.36. The number of ketones is 4. The maximum atomic E-state index is 14.2. The van der Waals surface area contributed by atoms with Crippen molar-refractivity contribution in [3.05, 3.63) is 28.3 Å². The van der Waals surface area contributed by atoms with E-state index in [-0.39, 0.29) is 30.1 Å². The van der Waals surface area contributed by atoms with Gasteiger partial charge in [-0.05, 0) is 76.6 Å². The molecule has 3 fully saturated rings. The number of fused-ring (bicyclic) bond motifs is 3. The van der Waals surface area contributed by atoms with E-state index in [2.05, 4.69) is 18.7 Å². The molecule has 222 valence electrons. The number of nitrogens with two attached hydrogens (primary N) is 1. The van der Waals surface area contributed by atoms with Crippen LogP contribution in [0.2, 0.25) is 0 Å². The van der Waals surface area contributed by atoms with Gasteiger partial charge in [0.15, 0.2) is 34.7 Å². The summed E-state index contributed by atoms with van der Waals surface area (Å²) in [4.78, 5) is 71.0. The lowest BCUT2D eigenvalue weighted by Crippen LogP contribution is -2.74. The molecule has 1 amide bonds. The van der Waals surface area contributed by atoms with Gasteiger partial charge in [0.05, 0.1) is 17.5 Å². The Kier molecular flexibility index (Phi) is 7.28. The molecule has 0 bridgehead atoms. The number of Topliss-reactive ketones (excluding diaryl/α,β-unsaturated/α-hetero) is 4. The molecule has 1 heterocycles. The molecule has 8 atom stereocenters. The van der Waals surface area contributed by atoms with Crippen molar-refractivity contribution >= 4 is 29.0 Å². The third-order valence-electron chi connectivity index (χ3n) is 10.3.